The first-order chi connectivity index (χ1) is 16.2. The number of carbonyl (C=O) groups excluding carboxylic acids is 2. The van der Waals surface area contributed by atoms with Crippen molar-refractivity contribution in [3.05, 3.63) is 30.0 Å². The van der Waals surface area contributed by atoms with E-state index in [0.29, 0.717) is 43.9 Å². The Morgan fingerprint density at radius 3 is 2.55 bits per heavy atom. The Labute approximate surface area is 193 Å². The molecule has 2 aromatic heterocycles. The maximum Gasteiger partial charge on any atom is 0.296 e. The van der Waals surface area contributed by atoms with Crippen molar-refractivity contribution in [1.29, 1.82) is 0 Å². The number of nitrogens with zero attached hydrogens (tertiary/aromatic N) is 5. The van der Waals surface area contributed by atoms with Crippen molar-refractivity contribution >= 4 is 17.8 Å². The van der Waals surface area contributed by atoms with Gasteiger partial charge in [0.2, 0.25) is 11.8 Å². The molecule has 2 amide bonds. The summed E-state index contributed by atoms with van der Waals surface area (Å²) < 4.78 is 12.9. The predicted molar refractivity (Wildman–Crippen MR) is 119 cm³/mol. The number of rotatable bonds is 2. The smallest absolute Gasteiger partial charge is 0.296 e. The molecule has 2 atom stereocenters. The summed E-state index contributed by atoms with van der Waals surface area (Å²) in [5.74, 6) is 0.937. The Kier molecular flexibility index (Phi) is 5.24. The van der Waals surface area contributed by atoms with Gasteiger partial charge in [-0.25, -0.2) is 4.68 Å². The highest BCUT2D eigenvalue weighted by Gasteiger charge is 2.55. The van der Waals surface area contributed by atoms with Crippen molar-refractivity contribution in [2.75, 3.05) is 31.2 Å². The fraction of sp³-hybridized carbons (Fsp3) is 0.667. The van der Waals surface area contributed by atoms with Crippen molar-refractivity contribution in [3.8, 4) is 0 Å². The van der Waals surface area contributed by atoms with E-state index in [1.807, 2.05) is 4.68 Å². The molecular formula is C24H31N5O4. The van der Waals surface area contributed by atoms with Crippen LogP contribution < -0.4 is 4.90 Å². The van der Waals surface area contributed by atoms with E-state index in [1.54, 1.807) is 21.9 Å². The van der Waals surface area contributed by atoms with E-state index in [9.17, 15) is 9.59 Å². The Hall–Kier alpha value is -2.68. The first-order valence-corrected chi connectivity index (χ1v) is 12.4. The van der Waals surface area contributed by atoms with Crippen LogP contribution in [0.3, 0.4) is 0 Å². The van der Waals surface area contributed by atoms with E-state index in [-0.39, 0.29) is 29.2 Å². The highest BCUT2D eigenvalue weighted by molar-refractivity contribution is 6.04. The summed E-state index contributed by atoms with van der Waals surface area (Å²) in [4.78, 5) is 35.3. The first-order valence-electron chi connectivity index (χ1n) is 12.4. The average Bonchev–Trinajstić information content (AvgIpc) is 3.56. The minimum absolute atomic E-state index is 0.0532. The number of fused-ring (bicyclic) bond motifs is 4. The second-order valence-corrected chi connectivity index (χ2v) is 9.83. The summed E-state index contributed by atoms with van der Waals surface area (Å²) in [5, 5.41) is 4.86. The number of carbonyl (C=O) groups is 2. The van der Waals surface area contributed by atoms with E-state index in [4.69, 9.17) is 19.2 Å². The van der Waals surface area contributed by atoms with Crippen LogP contribution in [0.2, 0.25) is 0 Å². The fourth-order valence-corrected chi connectivity index (χ4v) is 6.62. The fourth-order valence-electron chi connectivity index (χ4n) is 6.62. The van der Waals surface area contributed by atoms with Crippen LogP contribution in [0.5, 0.6) is 0 Å². The number of anilines is 1. The molecule has 9 heteroatoms. The third-order valence-electron chi connectivity index (χ3n) is 8.14. The van der Waals surface area contributed by atoms with Gasteiger partial charge in [0.1, 0.15) is 0 Å². The highest BCUT2D eigenvalue weighted by atomic mass is 16.5. The van der Waals surface area contributed by atoms with Crippen LogP contribution in [0.15, 0.2) is 22.8 Å². The molecule has 2 aliphatic carbocycles. The summed E-state index contributed by atoms with van der Waals surface area (Å²) in [6.07, 6.45) is 11.3. The lowest BCUT2D eigenvalue weighted by molar-refractivity contribution is 0.0267. The molecule has 4 heterocycles. The molecule has 0 aromatic carbocycles. The molecule has 2 saturated carbocycles. The Morgan fingerprint density at radius 1 is 1.00 bits per heavy atom. The molecule has 2 aliphatic heterocycles. The van der Waals surface area contributed by atoms with Crippen molar-refractivity contribution < 1.29 is 18.7 Å². The van der Waals surface area contributed by atoms with Gasteiger partial charge >= 0.3 is 0 Å². The van der Waals surface area contributed by atoms with Crippen molar-refractivity contribution in [3.63, 3.8) is 0 Å². The summed E-state index contributed by atoms with van der Waals surface area (Å²) in [5.41, 5.74) is -0.171. The maximum atomic E-state index is 13.7. The van der Waals surface area contributed by atoms with Gasteiger partial charge in [-0.2, -0.15) is 4.98 Å². The molecule has 1 saturated heterocycles. The van der Waals surface area contributed by atoms with E-state index < -0.39 is 0 Å². The van der Waals surface area contributed by atoms with Gasteiger partial charge in [0, 0.05) is 25.0 Å². The molecule has 0 bridgehead atoms. The number of morpholine rings is 1. The first kappa shape index (κ1) is 20.9. The predicted octanol–water partition coefficient (Wildman–Crippen LogP) is 3.22. The van der Waals surface area contributed by atoms with Gasteiger partial charge in [0.25, 0.3) is 11.8 Å². The molecule has 0 unspecified atom stereocenters. The van der Waals surface area contributed by atoms with Gasteiger partial charge in [-0.15, -0.1) is 5.10 Å². The molecule has 6 rings (SSSR count). The topological polar surface area (TPSA) is 93.7 Å². The summed E-state index contributed by atoms with van der Waals surface area (Å²) in [6.45, 7) is 2.12. The van der Waals surface area contributed by atoms with E-state index in [2.05, 4.69) is 0 Å². The monoisotopic (exact) mass is 453 g/mol. The van der Waals surface area contributed by atoms with Crippen LogP contribution in [-0.4, -0.2) is 63.8 Å². The van der Waals surface area contributed by atoms with Crippen LogP contribution in [0, 0.1) is 5.92 Å². The van der Waals surface area contributed by atoms with Crippen LogP contribution in [0.25, 0.3) is 0 Å². The van der Waals surface area contributed by atoms with E-state index in [1.165, 1.54) is 12.7 Å². The van der Waals surface area contributed by atoms with Gasteiger partial charge in [0.05, 0.1) is 25.0 Å². The molecular weight excluding hydrogens is 422 g/mol. The standard InChI is InChI=1S/C24H31N5O4/c30-21(19-9-6-14-33-19)28-18-8-3-2-7-17(18)24(10-4-1-5-11-24)29-23(28)25-20(26-29)22(31)27-12-15-32-16-13-27/h6,9,14,17-18H,1-5,7-8,10-13,15-16H2/t17-,18+/m1/s1. The lowest BCUT2D eigenvalue weighted by Gasteiger charge is -2.55. The van der Waals surface area contributed by atoms with Crippen LogP contribution in [0.1, 0.15) is 79.0 Å². The number of hydrogen-bond acceptors (Lipinski definition) is 6. The van der Waals surface area contributed by atoms with E-state index in [0.717, 1.165) is 51.4 Å². The molecule has 0 N–H and O–H groups in total. The lowest BCUT2D eigenvalue weighted by Crippen LogP contribution is -2.61. The van der Waals surface area contributed by atoms with Gasteiger partial charge in [-0.05, 0) is 37.8 Å². The Bertz CT molecular complexity index is 1020. The molecule has 33 heavy (non-hydrogen) atoms. The second kappa shape index (κ2) is 8.27. The quantitative estimate of drug-likeness (QED) is 0.693. The molecule has 4 aliphatic rings. The zero-order chi connectivity index (χ0) is 22.4. The average molecular weight is 454 g/mol. The summed E-state index contributed by atoms with van der Waals surface area (Å²) in [6, 6.07) is 3.49. The van der Waals surface area contributed by atoms with Crippen molar-refractivity contribution in [2.24, 2.45) is 5.92 Å². The largest absolute Gasteiger partial charge is 0.459 e. The maximum absolute atomic E-state index is 13.7. The molecule has 2 aromatic rings. The third kappa shape index (κ3) is 3.31. The Balaban J connectivity index is 1.48. The zero-order valence-corrected chi connectivity index (χ0v) is 18.9. The van der Waals surface area contributed by atoms with Gasteiger partial charge < -0.3 is 14.1 Å². The van der Waals surface area contributed by atoms with Crippen LogP contribution >= 0.6 is 0 Å². The molecule has 9 nitrogen and oxygen atoms in total. The number of hydrogen-bond donors (Lipinski definition) is 0. The number of aromatic nitrogens is 3. The van der Waals surface area contributed by atoms with Gasteiger partial charge in [-0.3, -0.25) is 14.5 Å². The normalized spacial score (nSPS) is 26.7. The Morgan fingerprint density at radius 2 is 1.79 bits per heavy atom. The minimum atomic E-state index is -0.193. The van der Waals surface area contributed by atoms with Crippen LogP contribution in [-0.2, 0) is 10.3 Å². The lowest BCUT2D eigenvalue weighted by atomic mass is 9.64. The van der Waals surface area contributed by atoms with Crippen LogP contribution in [0.4, 0.5) is 5.95 Å². The van der Waals surface area contributed by atoms with E-state index >= 15 is 0 Å². The van der Waals surface area contributed by atoms with Gasteiger partial charge in [-0.1, -0.05) is 32.1 Å². The second-order valence-electron chi connectivity index (χ2n) is 9.83. The minimum Gasteiger partial charge on any atom is -0.459 e. The zero-order valence-electron chi connectivity index (χ0n) is 18.9. The number of furan rings is 1. The number of ether oxygens (including phenoxy) is 1. The highest BCUT2D eigenvalue weighted by Crippen LogP contribution is 2.53. The summed E-state index contributed by atoms with van der Waals surface area (Å²) in [7, 11) is 0. The molecule has 3 fully saturated rings. The van der Waals surface area contributed by atoms with Crippen molar-refractivity contribution in [1.82, 2.24) is 19.7 Å². The molecule has 1 spiro atoms. The molecule has 176 valence electrons. The van der Waals surface area contributed by atoms with Gasteiger partial charge in [0.15, 0.2) is 5.76 Å². The number of amides is 2. The third-order valence-corrected chi connectivity index (χ3v) is 8.14. The molecule has 0 radical (unpaired) electrons. The van der Waals surface area contributed by atoms with Crippen molar-refractivity contribution in [2.45, 2.75) is 69.4 Å². The summed E-state index contributed by atoms with van der Waals surface area (Å²) >= 11 is 0. The SMILES string of the molecule is O=C(c1nc2n(n1)C1(CCCCC1)[C@@H]1CCCC[C@@H]1N2C(=O)c1ccco1)N1CCOCC1.